The first-order chi connectivity index (χ1) is 14.9. The van der Waals surface area contributed by atoms with Crippen molar-refractivity contribution in [1.29, 1.82) is 0 Å². The first-order valence-electron chi connectivity index (χ1n) is 9.52. The average molecular weight is 481 g/mol. The number of aromatic nitrogens is 3. The topological polar surface area (TPSA) is 78.3 Å². The molecule has 0 radical (unpaired) electrons. The molecule has 31 heavy (non-hydrogen) atoms. The second kappa shape index (κ2) is 10.7. The lowest BCUT2D eigenvalue weighted by Gasteiger charge is -2.16. The number of halogens is 2. The highest BCUT2D eigenvalue weighted by Gasteiger charge is 2.20. The first-order valence-corrected chi connectivity index (χ1v) is 11.3. The van der Waals surface area contributed by atoms with Crippen LogP contribution in [-0.4, -0.2) is 33.5 Å². The average Bonchev–Trinajstić information content (AvgIpc) is 3.18. The molecule has 10 heteroatoms. The minimum absolute atomic E-state index is 0.139. The molecular weight excluding hydrogens is 459 g/mol. The summed E-state index contributed by atoms with van der Waals surface area (Å²) in [6, 6.07) is 12.2. The van der Waals surface area contributed by atoms with Gasteiger partial charge < -0.3 is 19.4 Å². The fourth-order valence-electron chi connectivity index (χ4n) is 2.82. The number of hydrogen-bond donors (Lipinski definition) is 1. The Morgan fingerprint density at radius 3 is 2.58 bits per heavy atom. The Labute approximate surface area is 195 Å². The fourth-order valence-corrected chi connectivity index (χ4v) is 4.08. The van der Waals surface area contributed by atoms with Gasteiger partial charge >= 0.3 is 0 Å². The van der Waals surface area contributed by atoms with Crippen LogP contribution >= 0.6 is 35.0 Å². The van der Waals surface area contributed by atoms with E-state index in [9.17, 15) is 4.79 Å². The maximum Gasteiger partial charge on any atom is 0.234 e. The normalized spacial score (nSPS) is 11.8. The number of amides is 1. The van der Waals surface area contributed by atoms with Crippen LogP contribution in [0.4, 0.5) is 5.69 Å². The van der Waals surface area contributed by atoms with E-state index in [-0.39, 0.29) is 11.7 Å². The molecule has 0 fully saturated rings. The Bertz CT molecular complexity index is 1040. The van der Waals surface area contributed by atoms with Crippen LogP contribution in [0.1, 0.15) is 25.8 Å². The summed E-state index contributed by atoms with van der Waals surface area (Å²) < 4.78 is 13.0. The summed E-state index contributed by atoms with van der Waals surface area (Å²) in [5.41, 5.74) is 0.700. The second-order valence-corrected chi connectivity index (χ2v) is 8.27. The summed E-state index contributed by atoms with van der Waals surface area (Å²) in [5, 5.41) is 12.9. The van der Waals surface area contributed by atoms with Crippen molar-refractivity contribution < 1.29 is 14.3 Å². The van der Waals surface area contributed by atoms with E-state index in [0.717, 1.165) is 5.75 Å². The van der Waals surface area contributed by atoms with Crippen LogP contribution in [0.25, 0.3) is 0 Å². The summed E-state index contributed by atoms with van der Waals surface area (Å²) in [7, 11) is 1.60. The highest BCUT2D eigenvalue weighted by molar-refractivity contribution is 7.99. The number of benzene rings is 2. The molecule has 1 atom stereocenters. The number of carbonyl (C=O) groups excluding carboxylic acids is 1. The van der Waals surface area contributed by atoms with Crippen molar-refractivity contribution in [3.8, 4) is 11.5 Å². The Hall–Kier alpha value is -2.42. The lowest BCUT2D eigenvalue weighted by atomic mass is 10.3. The van der Waals surface area contributed by atoms with Gasteiger partial charge in [-0.05, 0) is 56.3 Å². The Balaban J connectivity index is 1.62. The predicted octanol–water partition coefficient (Wildman–Crippen LogP) is 5.48. The highest BCUT2D eigenvalue weighted by Crippen LogP contribution is 2.31. The van der Waals surface area contributed by atoms with Gasteiger partial charge in [-0.25, -0.2) is 0 Å². The van der Waals surface area contributed by atoms with Gasteiger partial charge in [-0.2, -0.15) is 0 Å². The number of hydrogen-bond acceptors (Lipinski definition) is 6. The molecule has 1 N–H and O–H groups in total. The molecule has 1 aromatic heterocycles. The van der Waals surface area contributed by atoms with Gasteiger partial charge in [0.05, 0.1) is 17.9 Å². The number of ether oxygens (including phenoxy) is 2. The Morgan fingerprint density at radius 2 is 1.94 bits per heavy atom. The van der Waals surface area contributed by atoms with Gasteiger partial charge in [-0.15, -0.1) is 10.2 Å². The van der Waals surface area contributed by atoms with E-state index >= 15 is 0 Å². The van der Waals surface area contributed by atoms with Gasteiger partial charge in [0.2, 0.25) is 5.91 Å². The zero-order valence-electron chi connectivity index (χ0n) is 17.3. The molecule has 0 aliphatic carbocycles. The molecule has 2 aromatic carbocycles. The molecule has 164 valence electrons. The van der Waals surface area contributed by atoms with Gasteiger partial charge in [0.25, 0.3) is 0 Å². The van der Waals surface area contributed by atoms with E-state index in [1.165, 1.54) is 11.8 Å². The molecule has 1 heterocycles. The van der Waals surface area contributed by atoms with Crippen LogP contribution in [0, 0.1) is 0 Å². The molecule has 0 spiro atoms. The standard InChI is InChI=1S/C21H22Cl2N4O3S/c1-4-27-20(13(2)30-18-10-5-14(22)11-17(18)23)25-26-21(27)31-12-19(28)24-15-6-8-16(29-3)9-7-15/h5-11,13H,4,12H2,1-3H3,(H,24,28). The highest BCUT2D eigenvalue weighted by atomic mass is 35.5. The van der Waals surface area contributed by atoms with Gasteiger partial charge in [-0.3, -0.25) is 4.79 Å². The van der Waals surface area contributed by atoms with E-state index in [2.05, 4.69) is 15.5 Å². The van der Waals surface area contributed by atoms with Crippen molar-refractivity contribution in [3.63, 3.8) is 0 Å². The lowest BCUT2D eigenvalue weighted by Crippen LogP contribution is -2.15. The van der Waals surface area contributed by atoms with Crippen LogP contribution in [0.5, 0.6) is 11.5 Å². The molecule has 1 unspecified atom stereocenters. The number of thioether (sulfide) groups is 1. The van der Waals surface area contributed by atoms with Gasteiger partial charge in [0.15, 0.2) is 17.1 Å². The number of nitrogens with one attached hydrogen (secondary N) is 1. The summed E-state index contributed by atoms with van der Waals surface area (Å²) in [6.45, 7) is 4.48. The Morgan fingerprint density at radius 1 is 1.19 bits per heavy atom. The van der Waals surface area contributed by atoms with Crippen LogP contribution in [0.3, 0.4) is 0 Å². The number of carbonyl (C=O) groups is 1. The fraction of sp³-hybridized carbons (Fsp3) is 0.286. The Kier molecular flexibility index (Phi) is 8.06. The lowest BCUT2D eigenvalue weighted by molar-refractivity contribution is -0.113. The minimum Gasteiger partial charge on any atom is -0.497 e. The van der Waals surface area contributed by atoms with E-state index in [1.54, 1.807) is 49.6 Å². The smallest absolute Gasteiger partial charge is 0.234 e. The van der Waals surface area contributed by atoms with Crippen molar-refractivity contribution in [2.75, 3.05) is 18.2 Å². The van der Waals surface area contributed by atoms with Crippen molar-refractivity contribution >= 4 is 46.6 Å². The number of methoxy groups -OCH3 is 1. The van der Waals surface area contributed by atoms with E-state index in [1.807, 2.05) is 18.4 Å². The number of anilines is 1. The van der Waals surface area contributed by atoms with Crippen LogP contribution in [0.15, 0.2) is 47.6 Å². The third kappa shape index (κ3) is 6.06. The molecule has 0 bridgehead atoms. The minimum atomic E-state index is -0.395. The molecule has 1 amide bonds. The van der Waals surface area contributed by atoms with Gasteiger partial charge in [0, 0.05) is 17.3 Å². The summed E-state index contributed by atoms with van der Waals surface area (Å²) in [4.78, 5) is 12.3. The zero-order chi connectivity index (χ0) is 22.4. The van der Waals surface area contributed by atoms with E-state index < -0.39 is 6.10 Å². The summed E-state index contributed by atoms with van der Waals surface area (Å²) in [5.74, 6) is 1.94. The quantitative estimate of drug-likeness (QED) is 0.408. The molecule has 0 saturated heterocycles. The van der Waals surface area contributed by atoms with Gasteiger partial charge in [-0.1, -0.05) is 35.0 Å². The number of nitrogens with zero attached hydrogens (tertiary/aromatic N) is 3. The van der Waals surface area contributed by atoms with Crippen molar-refractivity contribution in [1.82, 2.24) is 14.8 Å². The SMILES string of the molecule is CCn1c(SCC(=O)Nc2ccc(OC)cc2)nnc1C(C)Oc1ccc(Cl)cc1Cl. The van der Waals surface area contributed by atoms with Crippen LogP contribution < -0.4 is 14.8 Å². The van der Waals surface area contributed by atoms with Crippen LogP contribution in [0.2, 0.25) is 10.0 Å². The van der Waals surface area contributed by atoms with Crippen LogP contribution in [-0.2, 0) is 11.3 Å². The van der Waals surface area contributed by atoms with E-state index in [4.69, 9.17) is 32.7 Å². The summed E-state index contributed by atoms with van der Waals surface area (Å²) in [6.07, 6.45) is -0.395. The number of rotatable bonds is 9. The van der Waals surface area contributed by atoms with Crippen molar-refractivity contribution in [2.45, 2.75) is 31.7 Å². The maximum absolute atomic E-state index is 12.3. The van der Waals surface area contributed by atoms with Crippen molar-refractivity contribution in [2.24, 2.45) is 0 Å². The monoisotopic (exact) mass is 480 g/mol. The molecule has 3 aromatic rings. The molecule has 0 saturated carbocycles. The third-order valence-electron chi connectivity index (χ3n) is 4.33. The maximum atomic E-state index is 12.3. The molecular formula is C21H22Cl2N4O3S. The first kappa shape index (κ1) is 23.2. The third-order valence-corrected chi connectivity index (χ3v) is 5.83. The van der Waals surface area contributed by atoms with Crippen molar-refractivity contribution in [3.05, 3.63) is 58.3 Å². The second-order valence-electron chi connectivity index (χ2n) is 6.49. The largest absolute Gasteiger partial charge is 0.497 e. The van der Waals surface area contributed by atoms with Gasteiger partial charge in [0.1, 0.15) is 11.5 Å². The summed E-state index contributed by atoms with van der Waals surface area (Å²) >= 11 is 13.4. The molecule has 0 aliphatic rings. The molecule has 3 rings (SSSR count). The zero-order valence-corrected chi connectivity index (χ0v) is 19.6. The predicted molar refractivity (Wildman–Crippen MR) is 124 cm³/mol. The van der Waals surface area contributed by atoms with E-state index in [0.29, 0.717) is 39.0 Å². The molecule has 7 nitrogen and oxygen atoms in total. The molecule has 0 aliphatic heterocycles.